The van der Waals surface area contributed by atoms with Crippen molar-refractivity contribution in [2.24, 2.45) is 5.41 Å². The van der Waals surface area contributed by atoms with Crippen LogP contribution in [0, 0.1) is 5.41 Å². The van der Waals surface area contributed by atoms with Gasteiger partial charge in [0.25, 0.3) is 0 Å². The second-order valence-electron chi connectivity index (χ2n) is 5.82. The molecule has 0 radical (unpaired) electrons. The van der Waals surface area contributed by atoms with Gasteiger partial charge in [0, 0.05) is 5.41 Å². The first-order valence-corrected chi connectivity index (χ1v) is 6.42. The third-order valence-corrected chi connectivity index (χ3v) is 4.50. The van der Waals surface area contributed by atoms with E-state index in [4.69, 9.17) is 0 Å². The predicted octanol–water partition coefficient (Wildman–Crippen LogP) is 4.38. The first-order chi connectivity index (χ1) is 8.19. The molecule has 17 heavy (non-hydrogen) atoms. The highest BCUT2D eigenvalue weighted by Gasteiger charge is 2.50. The first kappa shape index (κ1) is 9.47. The highest BCUT2D eigenvalue weighted by Crippen LogP contribution is 2.65. The second-order valence-corrected chi connectivity index (χ2v) is 5.82. The van der Waals surface area contributed by atoms with Gasteiger partial charge in [-0.1, -0.05) is 55.8 Å². The third-order valence-electron chi connectivity index (χ3n) is 4.50. The molecule has 4 rings (SSSR count). The van der Waals surface area contributed by atoms with Gasteiger partial charge in [-0.2, -0.15) is 0 Å². The monoisotopic (exact) mass is 220 g/mol. The normalized spacial score (nSPS) is 22.6. The summed E-state index contributed by atoms with van der Waals surface area (Å²) in [5.74, 6) is 0. The van der Waals surface area contributed by atoms with Crippen LogP contribution < -0.4 is 0 Å². The number of hydrogen-bond donors (Lipinski definition) is 0. The zero-order chi connectivity index (χ0) is 11.6. The molecule has 0 heteroatoms. The topological polar surface area (TPSA) is 0 Å². The van der Waals surface area contributed by atoms with E-state index in [0.29, 0.717) is 5.41 Å². The summed E-state index contributed by atoms with van der Waals surface area (Å²) in [5.41, 5.74) is 9.75. The van der Waals surface area contributed by atoms with E-state index in [1.54, 1.807) is 22.3 Å². The zero-order valence-electron chi connectivity index (χ0n) is 10.4. The molecule has 0 unspecified atom stereocenters. The summed E-state index contributed by atoms with van der Waals surface area (Å²) in [7, 11) is 0. The summed E-state index contributed by atoms with van der Waals surface area (Å²) in [5, 5.41) is 0. The van der Waals surface area contributed by atoms with E-state index in [2.05, 4.69) is 50.3 Å². The van der Waals surface area contributed by atoms with Crippen molar-refractivity contribution in [3.05, 3.63) is 58.7 Å². The Morgan fingerprint density at radius 3 is 2.82 bits per heavy atom. The van der Waals surface area contributed by atoms with Crippen LogP contribution in [0.1, 0.15) is 37.0 Å². The maximum atomic E-state index is 2.36. The molecule has 1 aromatic rings. The summed E-state index contributed by atoms with van der Waals surface area (Å²) in [6.45, 7) is 4.72. The average Bonchev–Trinajstić information content (AvgIpc) is 2.82. The van der Waals surface area contributed by atoms with Gasteiger partial charge in [-0.25, -0.2) is 0 Å². The summed E-state index contributed by atoms with van der Waals surface area (Å²) in [6, 6.07) is 6.80. The van der Waals surface area contributed by atoms with Crippen LogP contribution >= 0.6 is 0 Å². The van der Waals surface area contributed by atoms with Crippen LogP contribution in [0.15, 0.2) is 42.0 Å². The lowest BCUT2D eigenvalue weighted by Crippen LogP contribution is -2.04. The Balaban J connectivity index is 1.89. The van der Waals surface area contributed by atoms with Crippen LogP contribution in [0.5, 0.6) is 0 Å². The lowest BCUT2D eigenvalue weighted by atomic mass is 9.85. The molecule has 0 saturated carbocycles. The maximum absolute atomic E-state index is 2.36. The number of rotatable bonds is 1. The van der Waals surface area contributed by atoms with Crippen LogP contribution in [0.4, 0.5) is 0 Å². The minimum Gasteiger partial charge on any atom is -0.0801 e. The summed E-state index contributed by atoms with van der Waals surface area (Å²) >= 11 is 0. The number of allylic oxidation sites excluding steroid dienone is 6. The molecule has 0 atom stereocenters. The van der Waals surface area contributed by atoms with Gasteiger partial charge >= 0.3 is 0 Å². The summed E-state index contributed by atoms with van der Waals surface area (Å²) < 4.78 is 0. The number of hydrogen-bond acceptors (Lipinski definition) is 0. The lowest BCUT2D eigenvalue weighted by molar-refractivity contribution is 0.686. The molecule has 3 aliphatic rings. The van der Waals surface area contributed by atoms with Crippen LogP contribution in [0.3, 0.4) is 0 Å². The molecule has 0 heterocycles. The van der Waals surface area contributed by atoms with E-state index in [9.17, 15) is 0 Å². The number of benzene rings is 1. The van der Waals surface area contributed by atoms with E-state index in [0.717, 1.165) is 6.42 Å². The molecule has 0 fully saturated rings. The molecule has 0 nitrogen and oxygen atoms in total. The van der Waals surface area contributed by atoms with Gasteiger partial charge in [-0.05, 0) is 40.7 Å². The predicted molar refractivity (Wildman–Crippen MR) is 72.6 cm³/mol. The van der Waals surface area contributed by atoms with E-state index < -0.39 is 0 Å². The van der Waals surface area contributed by atoms with Crippen molar-refractivity contribution in [3.63, 3.8) is 0 Å². The van der Waals surface area contributed by atoms with Gasteiger partial charge < -0.3 is 0 Å². The number of fused-ring (bicyclic) bond motifs is 2. The van der Waals surface area contributed by atoms with Crippen molar-refractivity contribution in [1.82, 2.24) is 0 Å². The van der Waals surface area contributed by atoms with Crippen LogP contribution in [-0.2, 0) is 6.42 Å². The summed E-state index contributed by atoms with van der Waals surface area (Å²) in [4.78, 5) is 0. The largest absolute Gasteiger partial charge is 0.0801 e. The lowest BCUT2D eigenvalue weighted by Gasteiger charge is -2.18. The van der Waals surface area contributed by atoms with Crippen molar-refractivity contribution in [2.75, 3.05) is 0 Å². The Hall–Kier alpha value is -1.56. The minimum absolute atomic E-state index is 0.385. The van der Waals surface area contributed by atoms with E-state index >= 15 is 0 Å². The van der Waals surface area contributed by atoms with Gasteiger partial charge in [0.1, 0.15) is 0 Å². The van der Waals surface area contributed by atoms with Crippen molar-refractivity contribution < 1.29 is 0 Å². The van der Waals surface area contributed by atoms with Crippen molar-refractivity contribution in [2.45, 2.75) is 26.7 Å². The van der Waals surface area contributed by atoms with Crippen LogP contribution in [0.25, 0.3) is 11.1 Å². The molecule has 0 amide bonds. The molecule has 0 aliphatic heterocycles. The highest BCUT2D eigenvalue weighted by molar-refractivity contribution is 5.99. The standard InChI is InChI=1S/C17H16/c1-17(2)14-10-12-8-5-9-13(15(12)16(14)17)11-6-3-4-7-11/h3-6,8-9H,7,10H2,1-2H3. The molecular weight excluding hydrogens is 204 g/mol. The molecule has 0 N–H and O–H groups in total. The first-order valence-electron chi connectivity index (χ1n) is 6.42. The SMILES string of the molecule is CC1(C)C2=C1c1c(cccc1C1=CC=CC1)C2. The molecule has 0 bridgehead atoms. The highest BCUT2D eigenvalue weighted by atomic mass is 14.5. The Labute approximate surface area is 102 Å². The molecule has 0 spiro atoms. The van der Waals surface area contributed by atoms with Crippen LogP contribution in [-0.4, -0.2) is 0 Å². The van der Waals surface area contributed by atoms with Gasteiger partial charge in [-0.3, -0.25) is 0 Å². The quantitative estimate of drug-likeness (QED) is 0.659. The fourth-order valence-corrected chi connectivity index (χ4v) is 3.47. The van der Waals surface area contributed by atoms with Crippen LogP contribution in [0.2, 0.25) is 0 Å². The fraction of sp³-hybridized carbons (Fsp3) is 0.294. The zero-order valence-corrected chi connectivity index (χ0v) is 10.4. The van der Waals surface area contributed by atoms with E-state index in [1.165, 1.54) is 17.6 Å². The molecule has 1 aromatic carbocycles. The third kappa shape index (κ3) is 1.08. The molecule has 3 aliphatic carbocycles. The van der Waals surface area contributed by atoms with E-state index in [-0.39, 0.29) is 0 Å². The van der Waals surface area contributed by atoms with Gasteiger partial charge in [0.2, 0.25) is 0 Å². The second kappa shape index (κ2) is 2.81. The van der Waals surface area contributed by atoms with Gasteiger partial charge in [-0.15, -0.1) is 0 Å². The fourth-order valence-electron chi connectivity index (χ4n) is 3.47. The van der Waals surface area contributed by atoms with Crippen molar-refractivity contribution in [3.8, 4) is 0 Å². The van der Waals surface area contributed by atoms with Crippen molar-refractivity contribution >= 4 is 11.1 Å². The minimum atomic E-state index is 0.385. The Morgan fingerprint density at radius 1 is 1.18 bits per heavy atom. The van der Waals surface area contributed by atoms with E-state index in [1.807, 2.05) is 0 Å². The molecule has 84 valence electrons. The maximum Gasteiger partial charge on any atom is 0.0121 e. The Bertz CT molecular complexity index is 621. The average molecular weight is 220 g/mol. The molecular formula is C17H16. The molecule has 0 aromatic heterocycles. The van der Waals surface area contributed by atoms with Crippen molar-refractivity contribution in [1.29, 1.82) is 0 Å². The van der Waals surface area contributed by atoms with Gasteiger partial charge in [0.15, 0.2) is 0 Å². The summed E-state index contributed by atoms with van der Waals surface area (Å²) in [6.07, 6.45) is 8.98. The Morgan fingerprint density at radius 2 is 2.06 bits per heavy atom. The smallest absolute Gasteiger partial charge is 0.0121 e. The van der Waals surface area contributed by atoms with Gasteiger partial charge in [0.05, 0.1) is 0 Å². The molecule has 0 saturated heterocycles. The Kier molecular flexibility index (Phi) is 1.57.